The minimum Gasteiger partial charge on any atom is -0.507 e. The molecule has 19 heavy (non-hydrogen) atoms. The van der Waals surface area contributed by atoms with Crippen molar-refractivity contribution in [1.82, 2.24) is 0 Å². The summed E-state index contributed by atoms with van der Waals surface area (Å²) in [4.78, 5) is 10.9. The van der Waals surface area contributed by atoms with E-state index in [0.29, 0.717) is 0 Å². The predicted molar refractivity (Wildman–Crippen MR) is 76.8 cm³/mol. The van der Waals surface area contributed by atoms with Crippen LogP contribution >= 0.6 is 0 Å². The van der Waals surface area contributed by atoms with Gasteiger partial charge in [0.05, 0.1) is 0 Å². The van der Waals surface area contributed by atoms with Crippen molar-refractivity contribution in [3.05, 3.63) is 29.3 Å². The highest BCUT2D eigenvalue weighted by molar-refractivity contribution is 5.90. The number of carboxylic acid groups (broad SMARTS) is 1. The molecule has 0 aromatic heterocycles. The Kier molecular flexibility index (Phi) is 7.01. The van der Waals surface area contributed by atoms with Crippen molar-refractivity contribution >= 4 is 5.97 Å². The van der Waals surface area contributed by atoms with Gasteiger partial charge in [-0.25, -0.2) is 4.79 Å². The maximum absolute atomic E-state index is 10.9. The number of hydrogen-bond acceptors (Lipinski definition) is 2. The fourth-order valence-corrected chi connectivity index (χ4v) is 2.20. The highest BCUT2D eigenvalue weighted by Gasteiger charge is 2.09. The second kappa shape index (κ2) is 8.57. The molecule has 3 heteroatoms. The number of aryl methyl sites for hydroxylation is 1. The van der Waals surface area contributed by atoms with Crippen molar-refractivity contribution in [2.75, 3.05) is 0 Å². The van der Waals surface area contributed by atoms with E-state index in [2.05, 4.69) is 6.92 Å². The number of rotatable bonds is 9. The van der Waals surface area contributed by atoms with E-state index in [9.17, 15) is 9.90 Å². The third-order valence-electron chi connectivity index (χ3n) is 3.36. The third-order valence-corrected chi connectivity index (χ3v) is 3.36. The minimum atomic E-state index is -1.07. The molecule has 0 unspecified atom stereocenters. The quantitative estimate of drug-likeness (QED) is 0.650. The van der Waals surface area contributed by atoms with E-state index < -0.39 is 5.97 Å². The molecule has 0 aliphatic carbocycles. The summed E-state index contributed by atoms with van der Waals surface area (Å²) >= 11 is 0. The summed E-state index contributed by atoms with van der Waals surface area (Å²) in [7, 11) is 0. The maximum atomic E-state index is 10.9. The number of aromatic carboxylic acids is 1. The molecule has 0 saturated carbocycles. The monoisotopic (exact) mass is 264 g/mol. The lowest BCUT2D eigenvalue weighted by molar-refractivity contribution is 0.0693. The molecule has 0 radical (unpaired) electrons. The van der Waals surface area contributed by atoms with Gasteiger partial charge in [-0.15, -0.1) is 0 Å². The largest absolute Gasteiger partial charge is 0.507 e. The van der Waals surface area contributed by atoms with Crippen LogP contribution in [0.2, 0.25) is 0 Å². The van der Waals surface area contributed by atoms with Crippen LogP contribution in [-0.4, -0.2) is 16.2 Å². The van der Waals surface area contributed by atoms with E-state index in [-0.39, 0.29) is 11.3 Å². The van der Waals surface area contributed by atoms with Gasteiger partial charge < -0.3 is 10.2 Å². The number of carboxylic acids is 1. The zero-order chi connectivity index (χ0) is 14.1. The van der Waals surface area contributed by atoms with Crippen LogP contribution in [0.5, 0.6) is 5.75 Å². The average molecular weight is 264 g/mol. The molecule has 106 valence electrons. The first-order valence-electron chi connectivity index (χ1n) is 7.20. The summed E-state index contributed by atoms with van der Waals surface area (Å²) in [6.45, 7) is 2.21. The molecule has 0 saturated heterocycles. The van der Waals surface area contributed by atoms with Crippen molar-refractivity contribution in [2.45, 2.75) is 58.3 Å². The molecule has 2 N–H and O–H groups in total. The lowest BCUT2D eigenvalue weighted by atomic mass is 10.0. The molecule has 0 bridgehead atoms. The maximum Gasteiger partial charge on any atom is 0.339 e. The van der Waals surface area contributed by atoms with E-state index in [1.807, 2.05) is 0 Å². The van der Waals surface area contributed by atoms with E-state index in [1.165, 1.54) is 44.6 Å². The van der Waals surface area contributed by atoms with Gasteiger partial charge in [0.15, 0.2) is 0 Å². The lowest BCUT2D eigenvalue weighted by Crippen LogP contribution is -1.98. The Bertz CT molecular complexity index is 399. The van der Waals surface area contributed by atoms with Crippen LogP contribution in [0.15, 0.2) is 18.2 Å². The summed E-state index contributed by atoms with van der Waals surface area (Å²) < 4.78 is 0. The number of aromatic hydroxyl groups is 1. The first kappa shape index (κ1) is 15.5. The molecule has 0 spiro atoms. The average Bonchev–Trinajstić information content (AvgIpc) is 2.39. The Morgan fingerprint density at radius 1 is 1.05 bits per heavy atom. The molecule has 3 nitrogen and oxygen atoms in total. The molecule has 1 rings (SSSR count). The van der Waals surface area contributed by atoms with Crippen LogP contribution in [0, 0.1) is 0 Å². The van der Waals surface area contributed by atoms with Crippen LogP contribution < -0.4 is 0 Å². The molecule has 0 amide bonds. The van der Waals surface area contributed by atoms with E-state index in [4.69, 9.17) is 5.11 Å². The van der Waals surface area contributed by atoms with Crippen molar-refractivity contribution in [3.8, 4) is 5.75 Å². The van der Waals surface area contributed by atoms with Gasteiger partial charge in [0.1, 0.15) is 11.3 Å². The third kappa shape index (κ3) is 5.77. The van der Waals surface area contributed by atoms with Crippen molar-refractivity contribution in [2.24, 2.45) is 0 Å². The van der Waals surface area contributed by atoms with Gasteiger partial charge in [0.25, 0.3) is 0 Å². The second-order valence-electron chi connectivity index (χ2n) is 5.03. The summed E-state index contributed by atoms with van der Waals surface area (Å²) in [6, 6.07) is 4.85. The summed E-state index contributed by atoms with van der Waals surface area (Å²) in [6.07, 6.45) is 9.61. The molecule has 0 fully saturated rings. The Morgan fingerprint density at radius 2 is 1.68 bits per heavy atom. The van der Waals surface area contributed by atoms with Crippen LogP contribution in [0.1, 0.15) is 67.8 Å². The number of phenols is 1. The Hall–Kier alpha value is -1.51. The molecule has 0 aliphatic rings. The summed E-state index contributed by atoms with van der Waals surface area (Å²) in [5.74, 6) is -1.23. The summed E-state index contributed by atoms with van der Waals surface area (Å²) in [5.41, 5.74) is 0.990. The van der Waals surface area contributed by atoms with Gasteiger partial charge >= 0.3 is 5.97 Å². The van der Waals surface area contributed by atoms with Gasteiger partial charge in [0, 0.05) is 0 Å². The van der Waals surface area contributed by atoms with Crippen molar-refractivity contribution in [3.63, 3.8) is 0 Å². The van der Waals surface area contributed by atoms with Crippen LogP contribution in [0.3, 0.4) is 0 Å². The van der Waals surface area contributed by atoms with Gasteiger partial charge in [-0.1, -0.05) is 51.5 Å². The molecule has 0 aliphatic heterocycles. The first-order chi connectivity index (χ1) is 9.15. The first-order valence-corrected chi connectivity index (χ1v) is 7.20. The molecular weight excluding hydrogens is 240 g/mol. The lowest BCUT2D eigenvalue weighted by Gasteiger charge is -2.05. The van der Waals surface area contributed by atoms with Gasteiger partial charge in [-0.05, 0) is 30.5 Å². The van der Waals surface area contributed by atoms with E-state index in [1.54, 1.807) is 12.1 Å². The normalized spacial score (nSPS) is 10.6. The number of carbonyl (C=O) groups is 1. The zero-order valence-corrected chi connectivity index (χ0v) is 11.7. The minimum absolute atomic E-state index is 0.000413. The van der Waals surface area contributed by atoms with Crippen molar-refractivity contribution < 1.29 is 15.0 Å². The smallest absolute Gasteiger partial charge is 0.339 e. The van der Waals surface area contributed by atoms with E-state index >= 15 is 0 Å². The standard InChI is InChI=1S/C16H24O3/c1-2-3-4-5-6-7-8-9-13-10-11-15(17)14(12-13)16(18)19/h10-12,17H,2-9H2,1H3,(H,18,19). The fourth-order valence-electron chi connectivity index (χ4n) is 2.20. The zero-order valence-electron chi connectivity index (χ0n) is 11.7. The molecule has 1 aromatic carbocycles. The second-order valence-corrected chi connectivity index (χ2v) is 5.03. The molecule has 0 atom stereocenters. The molecular formula is C16H24O3. The molecule has 1 aromatic rings. The van der Waals surface area contributed by atoms with Gasteiger partial charge in [-0.3, -0.25) is 0 Å². The Labute approximate surface area is 115 Å². The van der Waals surface area contributed by atoms with Gasteiger partial charge in [-0.2, -0.15) is 0 Å². The van der Waals surface area contributed by atoms with Crippen LogP contribution in [0.4, 0.5) is 0 Å². The van der Waals surface area contributed by atoms with Gasteiger partial charge in [0.2, 0.25) is 0 Å². The topological polar surface area (TPSA) is 57.5 Å². The highest BCUT2D eigenvalue weighted by atomic mass is 16.4. The van der Waals surface area contributed by atoms with E-state index in [0.717, 1.165) is 18.4 Å². The van der Waals surface area contributed by atoms with Crippen LogP contribution in [0.25, 0.3) is 0 Å². The summed E-state index contributed by atoms with van der Waals surface area (Å²) in [5, 5.41) is 18.3. The predicted octanol–water partition coefficient (Wildman–Crippen LogP) is 4.38. The number of unbranched alkanes of at least 4 members (excludes halogenated alkanes) is 6. The molecule has 0 heterocycles. The number of benzene rings is 1. The Morgan fingerprint density at radius 3 is 2.32 bits per heavy atom. The number of hydrogen-bond donors (Lipinski definition) is 2. The SMILES string of the molecule is CCCCCCCCCc1ccc(O)c(C(=O)O)c1. The fraction of sp³-hybridized carbons (Fsp3) is 0.562. The van der Waals surface area contributed by atoms with Crippen molar-refractivity contribution in [1.29, 1.82) is 0 Å². The van der Waals surface area contributed by atoms with Crippen LogP contribution in [-0.2, 0) is 6.42 Å². The highest BCUT2D eigenvalue weighted by Crippen LogP contribution is 2.20. The Balaban J connectivity index is 2.30.